The van der Waals surface area contributed by atoms with Gasteiger partial charge in [0, 0.05) is 15.9 Å². The smallest absolute Gasteiger partial charge is 0.262 e. The second-order valence-corrected chi connectivity index (χ2v) is 3.41. The van der Waals surface area contributed by atoms with Crippen molar-refractivity contribution in [3.05, 3.63) is 35.4 Å². The maximum atomic E-state index is 11.7. The zero-order valence-corrected chi connectivity index (χ0v) is 9.24. The monoisotopic (exact) mass is 263 g/mol. The molecule has 0 aromatic heterocycles. The predicted octanol–water partition coefficient (Wildman–Crippen LogP) is 1.64. The number of imide groups is 1. The normalized spacial score (nSPS) is 13.5. The van der Waals surface area contributed by atoms with Crippen LogP contribution in [0, 0.1) is 10.8 Å². The lowest BCUT2D eigenvalue weighted by Crippen LogP contribution is -2.29. The highest BCUT2D eigenvalue weighted by atomic mass is 79.9. The van der Waals surface area contributed by atoms with Crippen LogP contribution in [-0.4, -0.2) is 23.3 Å². The summed E-state index contributed by atoms with van der Waals surface area (Å²) in [5.74, 6) is 2.09. The van der Waals surface area contributed by atoms with E-state index in [1.807, 2.05) is 0 Å². The van der Waals surface area contributed by atoms with Crippen LogP contribution in [0.2, 0.25) is 0 Å². The van der Waals surface area contributed by atoms with E-state index in [1.54, 1.807) is 24.3 Å². The second-order valence-electron chi connectivity index (χ2n) is 3.01. The molecule has 0 N–H and O–H groups in total. The zero-order chi connectivity index (χ0) is 10.8. The lowest BCUT2D eigenvalue weighted by Gasteiger charge is -2.08. The van der Waals surface area contributed by atoms with E-state index in [-0.39, 0.29) is 18.4 Å². The first-order chi connectivity index (χ1) is 7.25. The van der Waals surface area contributed by atoms with E-state index in [4.69, 9.17) is 0 Å². The fraction of sp³-hybridized carbons (Fsp3) is 0.0909. The maximum Gasteiger partial charge on any atom is 0.262 e. The van der Waals surface area contributed by atoms with Crippen LogP contribution in [0.25, 0.3) is 0 Å². The molecule has 2 amide bonds. The summed E-state index contributed by atoms with van der Waals surface area (Å²) >= 11 is 2.92. The van der Waals surface area contributed by atoms with E-state index in [1.165, 1.54) is 0 Å². The van der Waals surface area contributed by atoms with Crippen LogP contribution in [0.15, 0.2) is 24.3 Å². The fourth-order valence-electron chi connectivity index (χ4n) is 1.49. The van der Waals surface area contributed by atoms with Crippen LogP contribution in [0.1, 0.15) is 20.7 Å². The molecular weight excluding hydrogens is 258 g/mol. The molecule has 0 radical (unpaired) electrons. The van der Waals surface area contributed by atoms with Gasteiger partial charge in [-0.15, -0.1) is 0 Å². The van der Waals surface area contributed by atoms with Crippen molar-refractivity contribution in [2.24, 2.45) is 0 Å². The standard InChI is InChI=1S/C11H6BrNO2/c12-6-3-7-13-10(14)8-4-1-2-5-9(8)11(13)15/h1-2,4-5H,7H2. The molecule has 1 aromatic rings. The first-order valence-electron chi connectivity index (χ1n) is 4.29. The van der Waals surface area contributed by atoms with E-state index in [9.17, 15) is 9.59 Å². The van der Waals surface area contributed by atoms with Gasteiger partial charge in [0.05, 0.1) is 17.7 Å². The molecule has 0 spiro atoms. The number of rotatable bonds is 1. The van der Waals surface area contributed by atoms with Gasteiger partial charge < -0.3 is 0 Å². The van der Waals surface area contributed by atoms with E-state index in [0.717, 1.165) is 4.90 Å². The number of hydrogen-bond donors (Lipinski definition) is 0. The van der Waals surface area contributed by atoms with E-state index < -0.39 is 0 Å². The van der Waals surface area contributed by atoms with Gasteiger partial charge in [0.15, 0.2) is 0 Å². The summed E-state index contributed by atoms with van der Waals surface area (Å²) in [7, 11) is 0. The molecule has 0 fully saturated rings. The Morgan fingerprint density at radius 3 is 2.13 bits per heavy atom. The van der Waals surface area contributed by atoms with Crippen LogP contribution >= 0.6 is 15.9 Å². The topological polar surface area (TPSA) is 37.4 Å². The van der Waals surface area contributed by atoms with Gasteiger partial charge in [-0.05, 0) is 17.0 Å². The summed E-state index contributed by atoms with van der Waals surface area (Å²) in [6.07, 6.45) is 0. The molecule has 1 heterocycles. The summed E-state index contributed by atoms with van der Waals surface area (Å²) in [4.78, 5) is 27.1. The van der Waals surface area contributed by atoms with Gasteiger partial charge in [-0.25, -0.2) is 0 Å². The second kappa shape index (κ2) is 3.87. The Bertz CT molecular complexity index is 464. The summed E-state index contributed by atoms with van der Waals surface area (Å²) in [5, 5.41) is 0. The number of fused-ring (bicyclic) bond motifs is 1. The molecule has 1 aliphatic rings. The molecule has 15 heavy (non-hydrogen) atoms. The molecule has 1 aliphatic heterocycles. The van der Waals surface area contributed by atoms with Gasteiger partial charge in [0.1, 0.15) is 0 Å². The van der Waals surface area contributed by atoms with Crippen molar-refractivity contribution < 1.29 is 9.59 Å². The van der Waals surface area contributed by atoms with Gasteiger partial charge in [0.2, 0.25) is 0 Å². The lowest BCUT2D eigenvalue weighted by molar-refractivity contribution is 0.0675. The minimum Gasteiger partial charge on any atom is -0.269 e. The third kappa shape index (κ3) is 1.55. The number of nitrogens with zero attached hydrogens (tertiary/aromatic N) is 1. The number of amides is 2. The SMILES string of the molecule is O=C1c2ccccc2C(=O)N1CC#CBr. The molecule has 4 heteroatoms. The Balaban J connectivity index is 2.39. The Morgan fingerprint density at radius 1 is 1.13 bits per heavy atom. The van der Waals surface area contributed by atoms with Gasteiger partial charge in [0.25, 0.3) is 11.8 Å². The summed E-state index contributed by atoms with van der Waals surface area (Å²) in [6.45, 7) is 0.123. The third-order valence-electron chi connectivity index (χ3n) is 2.18. The zero-order valence-electron chi connectivity index (χ0n) is 7.66. The Kier molecular flexibility index (Phi) is 2.57. The maximum absolute atomic E-state index is 11.7. The number of benzene rings is 1. The minimum atomic E-state index is -0.272. The molecule has 74 valence electrons. The average Bonchev–Trinajstić information content (AvgIpc) is 2.51. The molecule has 3 nitrogen and oxygen atoms in total. The molecule has 2 rings (SSSR count). The van der Waals surface area contributed by atoms with Gasteiger partial charge >= 0.3 is 0 Å². The minimum absolute atomic E-state index is 0.123. The Morgan fingerprint density at radius 2 is 1.67 bits per heavy atom. The highest BCUT2D eigenvalue weighted by Crippen LogP contribution is 2.21. The van der Waals surface area contributed by atoms with Crippen molar-refractivity contribution in [1.82, 2.24) is 4.90 Å². The van der Waals surface area contributed by atoms with Crippen molar-refractivity contribution >= 4 is 27.7 Å². The number of halogens is 1. The van der Waals surface area contributed by atoms with Crippen molar-refractivity contribution in [3.63, 3.8) is 0 Å². The highest BCUT2D eigenvalue weighted by molar-refractivity contribution is 9.12. The molecule has 0 unspecified atom stereocenters. The first kappa shape index (κ1) is 9.94. The molecule has 0 atom stereocenters. The molecule has 0 bridgehead atoms. The highest BCUT2D eigenvalue weighted by Gasteiger charge is 2.34. The van der Waals surface area contributed by atoms with Crippen molar-refractivity contribution in [2.75, 3.05) is 6.54 Å². The quantitative estimate of drug-likeness (QED) is 0.571. The molecular formula is C11H6BrNO2. The molecule has 1 aromatic carbocycles. The molecule has 0 aliphatic carbocycles. The van der Waals surface area contributed by atoms with Crippen molar-refractivity contribution in [3.8, 4) is 10.8 Å². The predicted molar refractivity (Wildman–Crippen MR) is 58.5 cm³/mol. The summed E-state index contributed by atoms with van der Waals surface area (Å²) in [6, 6.07) is 6.78. The van der Waals surface area contributed by atoms with Gasteiger partial charge in [-0.2, -0.15) is 0 Å². The molecule has 0 saturated heterocycles. The Hall–Kier alpha value is -1.60. The third-order valence-corrected chi connectivity index (χ3v) is 2.46. The van der Waals surface area contributed by atoms with Crippen molar-refractivity contribution in [1.29, 1.82) is 0 Å². The van der Waals surface area contributed by atoms with Crippen molar-refractivity contribution in [2.45, 2.75) is 0 Å². The van der Waals surface area contributed by atoms with Crippen LogP contribution in [0.5, 0.6) is 0 Å². The van der Waals surface area contributed by atoms with E-state index >= 15 is 0 Å². The summed E-state index contributed by atoms with van der Waals surface area (Å²) in [5.41, 5.74) is 0.915. The van der Waals surface area contributed by atoms with E-state index in [0.29, 0.717) is 11.1 Å². The first-order valence-corrected chi connectivity index (χ1v) is 5.08. The van der Waals surface area contributed by atoms with Crippen LogP contribution in [-0.2, 0) is 0 Å². The summed E-state index contributed by atoms with van der Waals surface area (Å²) < 4.78 is 0. The van der Waals surface area contributed by atoms with Crippen LogP contribution in [0.4, 0.5) is 0 Å². The van der Waals surface area contributed by atoms with Crippen LogP contribution in [0.3, 0.4) is 0 Å². The number of carbonyl (C=O) groups is 2. The van der Waals surface area contributed by atoms with Gasteiger partial charge in [-0.3, -0.25) is 14.5 Å². The molecule has 0 saturated carbocycles. The average molecular weight is 264 g/mol. The Labute approximate surface area is 95.2 Å². The van der Waals surface area contributed by atoms with Gasteiger partial charge in [-0.1, -0.05) is 18.1 Å². The number of carbonyl (C=O) groups excluding carboxylic acids is 2. The largest absolute Gasteiger partial charge is 0.269 e. The lowest BCUT2D eigenvalue weighted by atomic mass is 10.1. The van der Waals surface area contributed by atoms with Crippen LogP contribution < -0.4 is 0 Å². The fourth-order valence-corrected chi connectivity index (χ4v) is 1.62. The number of hydrogen-bond acceptors (Lipinski definition) is 2. The van der Waals surface area contributed by atoms with E-state index in [2.05, 4.69) is 26.7 Å².